The van der Waals surface area contributed by atoms with E-state index in [9.17, 15) is 0 Å². The van der Waals surface area contributed by atoms with Gasteiger partial charge in [0.15, 0.2) is 5.16 Å². The molecule has 0 unspecified atom stereocenters. The van der Waals surface area contributed by atoms with Gasteiger partial charge in [-0.25, -0.2) is 0 Å². The van der Waals surface area contributed by atoms with E-state index in [0.29, 0.717) is 0 Å². The van der Waals surface area contributed by atoms with Gasteiger partial charge in [0.25, 0.3) is 0 Å². The van der Waals surface area contributed by atoms with Crippen molar-refractivity contribution in [3.63, 3.8) is 0 Å². The van der Waals surface area contributed by atoms with Crippen LogP contribution in [-0.2, 0) is 11.8 Å². The van der Waals surface area contributed by atoms with E-state index in [1.54, 1.807) is 25.2 Å². The van der Waals surface area contributed by atoms with Gasteiger partial charge < -0.3 is 14.6 Å². The Labute approximate surface area is 101 Å². The van der Waals surface area contributed by atoms with Gasteiger partial charge in [-0.2, -0.15) is 0 Å². The molecule has 0 saturated heterocycles. The van der Waals surface area contributed by atoms with Crippen molar-refractivity contribution < 1.29 is 4.74 Å². The lowest BCUT2D eigenvalue weighted by Gasteiger charge is -2.03. The maximum atomic E-state index is 4.95. The number of hydrogen-bond donors (Lipinski definition) is 1. The lowest BCUT2D eigenvalue weighted by atomic mass is 10.3. The molecule has 0 aromatic carbocycles. The van der Waals surface area contributed by atoms with Gasteiger partial charge >= 0.3 is 0 Å². The molecule has 5 nitrogen and oxygen atoms in total. The minimum atomic E-state index is 0.785. The van der Waals surface area contributed by atoms with Crippen LogP contribution in [0.5, 0.6) is 0 Å². The zero-order valence-corrected chi connectivity index (χ0v) is 10.8. The summed E-state index contributed by atoms with van der Waals surface area (Å²) >= 11 is 1.76. The van der Waals surface area contributed by atoms with Gasteiger partial charge in [-0.05, 0) is 19.4 Å². The highest BCUT2D eigenvalue weighted by atomic mass is 32.2. The third-order valence-electron chi connectivity index (χ3n) is 2.13. The quantitative estimate of drug-likeness (QED) is 0.517. The Morgan fingerprint density at radius 1 is 1.44 bits per heavy atom. The maximum absolute atomic E-state index is 4.95. The molecular weight excluding hydrogens is 224 g/mol. The van der Waals surface area contributed by atoms with E-state index in [4.69, 9.17) is 4.74 Å². The monoisotopic (exact) mass is 244 g/mol. The SMILES string of the molecule is COCCNCCCCSc1nncn1C. The van der Waals surface area contributed by atoms with Gasteiger partial charge in [0.1, 0.15) is 6.33 Å². The molecule has 0 spiro atoms. The molecule has 16 heavy (non-hydrogen) atoms. The van der Waals surface area contributed by atoms with Crippen LogP contribution in [0.15, 0.2) is 11.5 Å². The number of methoxy groups -OCH3 is 1. The standard InChI is InChI=1S/C10H20N4OS/c1-14-9-12-13-10(14)16-8-4-3-5-11-6-7-15-2/h9,11H,3-8H2,1-2H3. The number of unbranched alkanes of at least 4 members (excludes halogenated alkanes) is 1. The molecule has 0 aliphatic carbocycles. The average Bonchev–Trinajstić information content (AvgIpc) is 2.68. The van der Waals surface area contributed by atoms with Crippen LogP contribution in [0.4, 0.5) is 0 Å². The summed E-state index contributed by atoms with van der Waals surface area (Å²) in [5.74, 6) is 1.10. The Balaban J connectivity index is 1.91. The fraction of sp³-hybridized carbons (Fsp3) is 0.800. The molecule has 0 aliphatic heterocycles. The predicted molar refractivity (Wildman–Crippen MR) is 65.7 cm³/mol. The van der Waals surface area contributed by atoms with Crippen LogP contribution < -0.4 is 5.32 Å². The highest BCUT2D eigenvalue weighted by molar-refractivity contribution is 7.99. The Morgan fingerprint density at radius 2 is 2.31 bits per heavy atom. The number of ether oxygens (including phenoxy) is 1. The first-order chi connectivity index (χ1) is 7.84. The lowest BCUT2D eigenvalue weighted by Crippen LogP contribution is -2.20. The smallest absolute Gasteiger partial charge is 0.190 e. The second kappa shape index (κ2) is 8.55. The van der Waals surface area contributed by atoms with Crippen LogP contribution in [0.3, 0.4) is 0 Å². The van der Waals surface area contributed by atoms with E-state index in [1.807, 2.05) is 11.6 Å². The van der Waals surface area contributed by atoms with Crippen LogP contribution in [0.2, 0.25) is 0 Å². The summed E-state index contributed by atoms with van der Waals surface area (Å²) in [5, 5.41) is 12.2. The van der Waals surface area contributed by atoms with Gasteiger partial charge in [0, 0.05) is 26.5 Å². The minimum absolute atomic E-state index is 0.785. The van der Waals surface area contributed by atoms with Crippen LogP contribution in [0.1, 0.15) is 12.8 Å². The number of nitrogens with zero attached hydrogens (tertiary/aromatic N) is 3. The van der Waals surface area contributed by atoms with E-state index >= 15 is 0 Å². The molecule has 1 aromatic heterocycles. The number of thioether (sulfide) groups is 1. The van der Waals surface area contributed by atoms with Crippen molar-refractivity contribution in [1.29, 1.82) is 0 Å². The topological polar surface area (TPSA) is 52.0 Å². The van der Waals surface area contributed by atoms with E-state index < -0.39 is 0 Å². The third-order valence-corrected chi connectivity index (χ3v) is 3.25. The first-order valence-electron chi connectivity index (χ1n) is 5.51. The molecule has 1 N–H and O–H groups in total. The number of rotatable bonds is 9. The summed E-state index contributed by atoms with van der Waals surface area (Å²) < 4.78 is 6.89. The van der Waals surface area contributed by atoms with Crippen LogP contribution in [0.25, 0.3) is 0 Å². The first-order valence-corrected chi connectivity index (χ1v) is 6.49. The Morgan fingerprint density at radius 3 is 3.00 bits per heavy atom. The average molecular weight is 244 g/mol. The normalized spacial score (nSPS) is 10.9. The van der Waals surface area contributed by atoms with Crippen LogP contribution in [-0.4, -0.2) is 47.3 Å². The molecule has 6 heteroatoms. The number of aromatic nitrogens is 3. The molecule has 0 fully saturated rings. The zero-order chi connectivity index (χ0) is 11.6. The van der Waals surface area contributed by atoms with Crippen molar-refractivity contribution in [3.8, 4) is 0 Å². The third kappa shape index (κ3) is 5.48. The van der Waals surface area contributed by atoms with Gasteiger partial charge in [0.05, 0.1) is 6.61 Å². The highest BCUT2D eigenvalue weighted by Gasteiger charge is 1.99. The molecule has 0 atom stereocenters. The second-order valence-electron chi connectivity index (χ2n) is 3.52. The molecule has 0 saturated carbocycles. The van der Waals surface area contributed by atoms with Crippen molar-refractivity contribution >= 4 is 11.8 Å². The summed E-state index contributed by atoms with van der Waals surface area (Å²) in [7, 11) is 3.69. The summed E-state index contributed by atoms with van der Waals surface area (Å²) in [6, 6.07) is 0. The summed E-state index contributed by atoms with van der Waals surface area (Å²) in [4.78, 5) is 0. The molecule has 0 radical (unpaired) electrons. The molecular formula is C10H20N4OS. The highest BCUT2D eigenvalue weighted by Crippen LogP contribution is 2.14. The number of nitrogens with one attached hydrogen (secondary N) is 1. The maximum Gasteiger partial charge on any atom is 0.190 e. The molecule has 1 aromatic rings. The molecule has 0 aliphatic rings. The van der Waals surface area contributed by atoms with E-state index in [2.05, 4.69) is 15.5 Å². The summed E-state index contributed by atoms with van der Waals surface area (Å²) in [6.45, 7) is 2.78. The summed E-state index contributed by atoms with van der Waals surface area (Å²) in [6.07, 6.45) is 4.11. The van der Waals surface area contributed by atoms with Gasteiger partial charge in [-0.15, -0.1) is 10.2 Å². The number of aryl methyl sites for hydroxylation is 1. The summed E-state index contributed by atoms with van der Waals surface area (Å²) in [5.41, 5.74) is 0. The van der Waals surface area contributed by atoms with Gasteiger partial charge in [-0.1, -0.05) is 11.8 Å². The lowest BCUT2D eigenvalue weighted by molar-refractivity contribution is 0.199. The van der Waals surface area contributed by atoms with E-state index in [-0.39, 0.29) is 0 Å². The molecule has 0 bridgehead atoms. The van der Waals surface area contributed by atoms with Crippen molar-refractivity contribution in [2.24, 2.45) is 7.05 Å². The van der Waals surface area contributed by atoms with Crippen molar-refractivity contribution in [2.45, 2.75) is 18.0 Å². The Bertz CT molecular complexity index is 280. The van der Waals surface area contributed by atoms with Gasteiger partial charge in [-0.3, -0.25) is 0 Å². The Hall–Kier alpha value is -0.590. The largest absolute Gasteiger partial charge is 0.383 e. The second-order valence-corrected chi connectivity index (χ2v) is 4.58. The van der Waals surface area contributed by atoms with Crippen LogP contribution in [0, 0.1) is 0 Å². The Kier molecular flexibility index (Phi) is 7.20. The zero-order valence-electron chi connectivity index (χ0n) is 9.98. The number of hydrogen-bond acceptors (Lipinski definition) is 5. The van der Waals surface area contributed by atoms with Gasteiger partial charge in [0.2, 0.25) is 0 Å². The minimum Gasteiger partial charge on any atom is -0.383 e. The first kappa shape index (κ1) is 13.5. The van der Waals surface area contributed by atoms with Crippen molar-refractivity contribution in [1.82, 2.24) is 20.1 Å². The fourth-order valence-electron chi connectivity index (χ4n) is 1.22. The molecule has 1 rings (SSSR count). The predicted octanol–water partition coefficient (Wildman–Crippen LogP) is 0.923. The fourth-order valence-corrected chi connectivity index (χ4v) is 2.10. The van der Waals surface area contributed by atoms with Crippen molar-refractivity contribution in [3.05, 3.63) is 6.33 Å². The van der Waals surface area contributed by atoms with Crippen molar-refractivity contribution in [2.75, 3.05) is 32.6 Å². The molecule has 0 amide bonds. The van der Waals surface area contributed by atoms with E-state index in [0.717, 1.165) is 30.6 Å². The van der Waals surface area contributed by atoms with E-state index in [1.165, 1.54) is 12.8 Å². The van der Waals surface area contributed by atoms with Crippen LogP contribution >= 0.6 is 11.8 Å². The molecule has 1 heterocycles. The molecule has 92 valence electrons.